The zero-order chi connectivity index (χ0) is 13.8. The molecule has 0 aliphatic carbocycles. The van der Waals surface area contributed by atoms with Crippen molar-refractivity contribution in [1.29, 1.82) is 0 Å². The van der Waals surface area contributed by atoms with Crippen molar-refractivity contribution in [3.8, 4) is 0 Å². The van der Waals surface area contributed by atoms with Crippen LogP contribution in [0.15, 0.2) is 0 Å². The molecule has 0 radical (unpaired) electrons. The minimum Gasteiger partial charge on any atom is -0.481 e. The fourth-order valence-corrected chi connectivity index (χ4v) is 2.84. The second-order valence-corrected chi connectivity index (χ2v) is 6.58. The van der Waals surface area contributed by atoms with Crippen molar-refractivity contribution in [2.45, 2.75) is 31.4 Å². The Morgan fingerprint density at radius 2 is 2.00 bits per heavy atom. The van der Waals surface area contributed by atoms with E-state index in [2.05, 4.69) is 5.32 Å². The molecule has 1 unspecified atom stereocenters. The van der Waals surface area contributed by atoms with Gasteiger partial charge in [0.2, 0.25) is 10.0 Å². The lowest BCUT2D eigenvalue weighted by Gasteiger charge is -2.31. The number of aliphatic hydroxyl groups excluding tert-OH is 1. The number of hydrogen-bond acceptors (Lipinski definition) is 5. The standard InChI is InChI=1S/C10H20N2O5S/c1-18(16,17)12-4-2-8(3-5-12)11-7-9(13)6-10(14)15/h8-9,11,13H,2-7H2,1H3,(H,14,15). The van der Waals surface area contributed by atoms with Crippen molar-refractivity contribution in [2.75, 3.05) is 25.9 Å². The van der Waals surface area contributed by atoms with Crippen molar-refractivity contribution >= 4 is 16.0 Å². The van der Waals surface area contributed by atoms with Crippen LogP contribution in [0, 0.1) is 0 Å². The van der Waals surface area contributed by atoms with Crippen molar-refractivity contribution in [3.63, 3.8) is 0 Å². The maximum absolute atomic E-state index is 11.3. The number of aliphatic hydroxyl groups is 1. The smallest absolute Gasteiger partial charge is 0.306 e. The average molecular weight is 280 g/mol. The van der Waals surface area contributed by atoms with Crippen LogP contribution in [-0.4, -0.2) is 66.9 Å². The summed E-state index contributed by atoms with van der Waals surface area (Å²) in [5, 5.41) is 20.9. The summed E-state index contributed by atoms with van der Waals surface area (Å²) in [6, 6.07) is 0.131. The number of hydrogen-bond donors (Lipinski definition) is 3. The zero-order valence-electron chi connectivity index (χ0n) is 10.4. The van der Waals surface area contributed by atoms with E-state index in [1.165, 1.54) is 10.6 Å². The van der Waals surface area contributed by atoms with Crippen molar-refractivity contribution in [3.05, 3.63) is 0 Å². The SMILES string of the molecule is CS(=O)(=O)N1CCC(NCC(O)CC(=O)O)CC1. The Labute approximate surface area is 107 Å². The summed E-state index contributed by atoms with van der Waals surface area (Å²) in [4.78, 5) is 10.4. The Morgan fingerprint density at radius 3 is 2.44 bits per heavy atom. The molecule has 0 amide bonds. The molecule has 1 saturated heterocycles. The van der Waals surface area contributed by atoms with Gasteiger partial charge >= 0.3 is 5.97 Å². The van der Waals surface area contributed by atoms with Crippen LogP contribution in [0.5, 0.6) is 0 Å². The molecule has 0 saturated carbocycles. The molecule has 1 aliphatic rings. The lowest BCUT2D eigenvalue weighted by molar-refractivity contribution is -0.139. The first-order valence-electron chi connectivity index (χ1n) is 5.87. The van der Waals surface area contributed by atoms with E-state index < -0.39 is 22.1 Å². The highest BCUT2D eigenvalue weighted by molar-refractivity contribution is 7.88. The van der Waals surface area contributed by atoms with Crippen LogP contribution in [0.25, 0.3) is 0 Å². The molecule has 8 heteroatoms. The molecule has 0 aromatic carbocycles. The largest absolute Gasteiger partial charge is 0.481 e. The zero-order valence-corrected chi connectivity index (χ0v) is 11.2. The van der Waals surface area contributed by atoms with Gasteiger partial charge in [-0.05, 0) is 12.8 Å². The van der Waals surface area contributed by atoms with E-state index in [0.717, 1.165) is 0 Å². The summed E-state index contributed by atoms with van der Waals surface area (Å²) in [5.41, 5.74) is 0. The quantitative estimate of drug-likeness (QED) is 0.566. The Hall–Kier alpha value is -0.700. The Kier molecular flexibility index (Phi) is 5.51. The van der Waals surface area contributed by atoms with Gasteiger partial charge in [0.1, 0.15) is 0 Å². The fraction of sp³-hybridized carbons (Fsp3) is 0.900. The first-order valence-corrected chi connectivity index (χ1v) is 7.72. The molecule has 1 heterocycles. The third kappa shape index (κ3) is 5.30. The number of rotatable bonds is 6. The van der Waals surface area contributed by atoms with Gasteiger partial charge < -0.3 is 15.5 Å². The van der Waals surface area contributed by atoms with Crippen molar-refractivity contribution in [1.82, 2.24) is 9.62 Å². The van der Waals surface area contributed by atoms with Gasteiger partial charge in [0.05, 0.1) is 18.8 Å². The molecule has 0 bridgehead atoms. The highest BCUT2D eigenvalue weighted by Crippen LogP contribution is 2.13. The van der Waals surface area contributed by atoms with E-state index >= 15 is 0 Å². The van der Waals surface area contributed by atoms with E-state index in [1.54, 1.807) is 0 Å². The summed E-state index contributed by atoms with van der Waals surface area (Å²) in [6.45, 7) is 1.15. The maximum atomic E-state index is 11.3. The number of sulfonamides is 1. The number of carboxylic acid groups (broad SMARTS) is 1. The molecule has 1 aliphatic heterocycles. The Balaban J connectivity index is 2.26. The van der Waals surface area contributed by atoms with E-state index in [-0.39, 0.29) is 19.0 Å². The molecule has 0 spiro atoms. The molecule has 18 heavy (non-hydrogen) atoms. The molecular formula is C10H20N2O5S. The Bertz CT molecular complexity index is 376. The van der Waals surface area contributed by atoms with E-state index in [0.29, 0.717) is 25.9 Å². The molecule has 1 fully saturated rings. The molecule has 1 atom stereocenters. The lowest BCUT2D eigenvalue weighted by atomic mass is 10.1. The molecule has 3 N–H and O–H groups in total. The first-order chi connectivity index (χ1) is 8.29. The number of nitrogens with zero attached hydrogens (tertiary/aromatic N) is 1. The lowest BCUT2D eigenvalue weighted by Crippen LogP contribution is -2.46. The second-order valence-electron chi connectivity index (χ2n) is 4.60. The van der Waals surface area contributed by atoms with Crippen molar-refractivity contribution < 1.29 is 23.4 Å². The Morgan fingerprint density at radius 1 is 1.44 bits per heavy atom. The minimum atomic E-state index is -3.12. The van der Waals surface area contributed by atoms with Gasteiger partial charge in [0.25, 0.3) is 0 Å². The third-order valence-electron chi connectivity index (χ3n) is 2.98. The predicted molar refractivity (Wildman–Crippen MR) is 65.7 cm³/mol. The van der Waals surface area contributed by atoms with Gasteiger partial charge in [-0.3, -0.25) is 4.79 Å². The molecular weight excluding hydrogens is 260 g/mol. The van der Waals surface area contributed by atoms with Gasteiger partial charge in [-0.1, -0.05) is 0 Å². The fourth-order valence-electron chi connectivity index (χ4n) is 1.97. The van der Waals surface area contributed by atoms with Crippen LogP contribution >= 0.6 is 0 Å². The van der Waals surface area contributed by atoms with Gasteiger partial charge in [0.15, 0.2) is 0 Å². The third-order valence-corrected chi connectivity index (χ3v) is 4.28. The van der Waals surface area contributed by atoms with Crippen LogP contribution in [-0.2, 0) is 14.8 Å². The monoisotopic (exact) mass is 280 g/mol. The van der Waals surface area contributed by atoms with Crippen LogP contribution in [0.1, 0.15) is 19.3 Å². The van der Waals surface area contributed by atoms with Gasteiger partial charge in [-0.2, -0.15) is 0 Å². The molecule has 106 valence electrons. The summed E-state index contributed by atoms with van der Waals surface area (Å²) in [7, 11) is -3.12. The molecule has 7 nitrogen and oxygen atoms in total. The summed E-state index contributed by atoms with van der Waals surface area (Å²) < 4.78 is 24.0. The van der Waals surface area contributed by atoms with E-state index in [9.17, 15) is 18.3 Å². The van der Waals surface area contributed by atoms with E-state index in [1.807, 2.05) is 0 Å². The van der Waals surface area contributed by atoms with Crippen molar-refractivity contribution in [2.24, 2.45) is 0 Å². The van der Waals surface area contributed by atoms with Gasteiger partial charge in [-0.15, -0.1) is 0 Å². The summed E-state index contributed by atoms with van der Waals surface area (Å²) in [6.07, 6.45) is 1.35. The highest BCUT2D eigenvalue weighted by atomic mass is 32.2. The van der Waals surface area contributed by atoms with Crippen LogP contribution in [0.2, 0.25) is 0 Å². The van der Waals surface area contributed by atoms with Crippen LogP contribution in [0.3, 0.4) is 0 Å². The second kappa shape index (κ2) is 6.46. The van der Waals surface area contributed by atoms with Crippen LogP contribution < -0.4 is 5.32 Å². The minimum absolute atomic E-state index is 0.131. The normalized spacial score (nSPS) is 20.8. The summed E-state index contributed by atoms with van der Waals surface area (Å²) >= 11 is 0. The molecule has 1 rings (SSSR count). The topological polar surface area (TPSA) is 107 Å². The maximum Gasteiger partial charge on any atom is 0.306 e. The average Bonchev–Trinajstić information content (AvgIpc) is 2.25. The van der Waals surface area contributed by atoms with Crippen LogP contribution in [0.4, 0.5) is 0 Å². The predicted octanol–water partition coefficient (Wildman–Crippen LogP) is -1.16. The summed E-state index contributed by atoms with van der Waals surface area (Å²) in [5.74, 6) is -1.03. The highest BCUT2D eigenvalue weighted by Gasteiger charge is 2.24. The molecule has 0 aromatic rings. The van der Waals surface area contributed by atoms with E-state index in [4.69, 9.17) is 5.11 Å². The number of piperidine rings is 1. The molecule has 0 aromatic heterocycles. The first kappa shape index (κ1) is 15.4. The van der Waals surface area contributed by atoms with Gasteiger partial charge in [-0.25, -0.2) is 12.7 Å². The number of nitrogens with one attached hydrogen (secondary N) is 1. The van der Waals surface area contributed by atoms with Gasteiger partial charge in [0, 0.05) is 25.7 Å². The number of carboxylic acids is 1. The number of carbonyl (C=O) groups is 1. The number of aliphatic carboxylic acids is 1.